The Balaban J connectivity index is 0.000000122. The lowest BCUT2D eigenvalue weighted by molar-refractivity contribution is 0.0992. The van der Waals surface area contributed by atoms with E-state index in [0.29, 0.717) is 84.6 Å². The Labute approximate surface area is 723 Å². The third-order valence-corrected chi connectivity index (χ3v) is 22.3. The highest BCUT2D eigenvalue weighted by Crippen LogP contribution is 2.34. The molecule has 125 heavy (non-hydrogen) atoms. The topological polar surface area (TPSA) is 424 Å². The normalized spacial score (nSPS) is 14.0. The number of hydrogen-bond acceptors (Lipinski definition) is 24. The zero-order chi connectivity index (χ0) is 88.1. The number of carbonyl (C=O) groups excluding carboxylic acids is 6. The van der Waals surface area contributed by atoms with Crippen molar-refractivity contribution in [2.45, 2.75) is 67.0 Å². The summed E-state index contributed by atoms with van der Waals surface area (Å²) in [5.74, 6) is 0.706. The number of pyridine rings is 4. The number of Topliss-reactive ketones (excluding diaryl/α,β-unsaturated/α-hetero) is 6. The third-order valence-electron chi connectivity index (χ3n) is 22.3. The molecule has 6 aliphatic rings. The smallest absolute Gasteiger partial charge is 0.184 e. The molecule has 6 aromatic carbocycles. The van der Waals surface area contributed by atoms with Crippen molar-refractivity contribution in [2.75, 3.05) is 78.5 Å². The monoisotopic (exact) mass is 1660 g/mol. The summed E-state index contributed by atoms with van der Waals surface area (Å²) in [6.07, 6.45) is 20.5. The van der Waals surface area contributed by atoms with Gasteiger partial charge < -0.3 is 34.4 Å². The maximum atomic E-state index is 12.0. The average Bonchev–Trinajstić information content (AvgIpc) is 1.78. The Kier molecular flexibility index (Phi) is 27.3. The quantitative estimate of drug-likeness (QED) is 0.0555. The van der Waals surface area contributed by atoms with E-state index >= 15 is 0 Å². The van der Waals surface area contributed by atoms with Crippen LogP contribution in [-0.4, -0.2) is 192 Å². The Hall–Kier alpha value is -14.3. The van der Waals surface area contributed by atoms with Crippen molar-refractivity contribution in [3.8, 4) is 66.8 Å². The van der Waals surface area contributed by atoms with Crippen molar-refractivity contribution in [1.82, 2.24) is 44.1 Å². The minimum Gasteiger partial charge on any atom is -0.325 e. The van der Waals surface area contributed by atoms with Crippen LogP contribution in [0.15, 0.2) is 250 Å². The Morgan fingerprint density at radius 2 is 0.736 bits per heavy atom. The van der Waals surface area contributed by atoms with Crippen molar-refractivity contribution in [1.29, 1.82) is 0 Å². The number of hydrogen-bond donors (Lipinski definition) is 6. The molecular weight excluding hydrogens is 1570 g/mol. The van der Waals surface area contributed by atoms with Gasteiger partial charge in [0.2, 0.25) is 0 Å². The van der Waals surface area contributed by atoms with Crippen LogP contribution in [0.2, 0.25) is 0 Å². The van der Waals surface area contributed by atoms with Crippen LogP contribution in [0.4, 0.5) is 0 Å². The van der Waals surface area contributed by atoms with Crippen molar-refractivity contribution in [3.05, 3.63) is 303 Å². The molecule has 13 aromatic rings. The second-order valence-electron chi connectivity index (χ2n) is 30.9. The van der Waals surface area contributed by atoms with E-state index in [1.165, 1.54) is 5.56 Å². The number of carbonyl (C=O) groups is 6. The maximum absolute atomic E-state index is 12.0. The number of ketones is 6. The van der Waals surface area contributed by atoms with Gasteiger partial charge in [-0.2, -0.15) is 15.3 Å². The number of rotatable bonds is 15. The second kappa shape index (κ2) is 39.2. The van der Waals surface area contributed by atoms with Crippen molar-refractivity contribution in [2.24, 2.45) is 64.4 Å². The van der Waals surface area contributed by atoms with Crippen molar-refractivity contribution in [3.63, 3.8) is 0 Å². The SMILES string of the molecule is CC(C)c1cncc(-c2ccc3c(c2)C(CN)=NCC3=O)c1.CC(C)n1cc(-c2ccc3c(c2)C(CN)=NCC3=O)cn1.CCn1cc(-c2ccc3c(c2)C(CN)=NCC3=O)cn1.Cc1ccncc1-c1ccc2c(c1)C(CN)=NCC2=O.Cc1ncccc1-c1ccc2c(c1)C(CN)=NCC2=O.NCC1=NCC(=O)c2ccc(-c3cnn4ccccc34)cc21. The molecule has 19 rings (SSSR count). The molecule has 6 aliphatic heterocycles. The first-order valence-corrected chi connectivity index (χ1v) is 41.4. The summed E-state index contributed by atoms with van der Waals surface area (Å²) in [5, 5.41) is 13.0. The minimum absolute atomic E-state index is 0.0404. The highest BCUT2D eigenvalue weighted by Gasteiger charge is 2.28. The largest absolute Gasteiger partial charge is 0.325 e. The fourth-order valence-electron chi connectivity index (χ4n) is 15.4. The van der Waals surface area contributed by atoms with E-state index in [1.807, 2.05) is 236 Å². The molecule has 27 heteroatoms. The van der Waals surface area contributed by atoms with Gasteiger partial charge in [0.15, 0.2) is 34.7 Å². The predicted molar refractivity (Wildman–Crippen MR) is 493 cm³/mol. The van der Waals surface area contributed by atoms with Crippen LogP contribution in [-0.2, 0) is 6.54 Å². The zero-order valence-electron chi connectivity index (χ0n) is 70.8. The summed E-state index contributed by atoms with van der Waals surface area (Å²) in [5.41, 5.74) is 65.3. The highest BCUT2D eigenvalue weighted by molar-refractivity contribution is 6.21. The van der Waals surface area contributed by atoms with Crippen LogP contribution in [0.5, 0.6) is 0 Å². The first-order chi connectivity index (χ1) is 60.6. The Morgan fingerprint density at radius 3 is 1.13 bits per heavy atom. The van der Waals surface area contributed by atoms with Gasteiger partial charge in [-0.05, 0) is 152 Å². The molecule has 7 aromatic heterocycles. The lowest BCUT2D eigenvalue weighted by atomic mass is 9.92. The molecule has 0 fully saturated rings. The first-order valence-electron chi connectivity index (χ1n) is 41.4. The van der Waals surface area contributed by atoms with E-state index in [9.17, 15) is 28.8 Å². The van der Waals surface area contributed by atoms with Crippen LogP contribution in [0, 0.1) is 13.8 Å². The fraction of sp³-hybridized carbons (Fsp3) is 0.224. The number of aryl methyl sites for hydroxylation is 3. The van der Waals surface area contributed by atoms with Crippen LogP contribution >= 0.6 is 0 Å². The predicted octanol–water partition coefficient (Wildman–Crippen LogP) is 12.4. The molecule has 0 radical (unpaired) electrons. The van der Waals surface area contributed by atoms with Crippen molar-refractivity contribution < 1.29 is 28.8 Å². The third kappa shape index (κ3) is 19.2. The number of benzene rings is 6. The molecule has 27 nitrogen and oxygen atoms in total. The summed E-state index contributed by atoms with van der Waals surface area (Å²) in [6, 6.07) is 49.2. The molecule has 0 bridgehead atoms. The molecule has 0 amide bonds. The molecule has 12 N–H and O–H groups in total. The van der Waals surface area contributed by atoms with Crippen LogP contribution in [0.25, 0.3) is 72.3 Å². The molecule has 0 aliphatic carbocycles. The molecule has 13 heterocycles. The Morgan fingerprint density at radius 1 is 0.336 bits per heavy atom. The van der Waals surface area contributed by atoms with Gasteiger partial charge in [-0.25, -0.2) is 4.52 Å². The van der Waals surface area contributed by atoms with Gasteiger partial charge in [-0.1, -0.05) is 98.8 Å². The highest BCUT2D eigenvalue weighted by atomic mass is 16.1. The maximum Gasteiger partial charge on any atom is 0.184 e. The molecule has 0 atom stereocenters. The number of nitrogens with two attached hydrogens (primary N) is 6. The number of aromatic nitrogens is 9. The van der Waals surface area contributed by atoms with Crippen molar-refractivity contribution >= 4 is 74.5 Å². The van der Waals surface area contributed by atoms with E-state index in [4.69, 9.17) is 34.4 Å². The average molecular weight is 1660 g/mol. The molecular formula is C98H97N21O6. The number of nitrogens with zero attached hydrogens (tertiary/aromatic N) is 15. The summed E-state index contributed by atoms with van der Waals surface area (Å²) >= 11 is 0. The molecule has 0 unspecified atom stereocenters. The van der Waals surface area contributed by atoms with Gasteiger partial charge in [-0.15, -0.1) is 0 Å². The summed E-state index contributed by atoms with van der Waals surface area (Å²) < 4.78 is 5.62. The van der Waals surface area contributed by atoms with E-state index in [0.717, 1.165) is 158 Å². The fourth-order valence-corrected chi connectivity index (χ4v) is 15.4. The van der Waals surface area contributed by atoms with Crippen LogP contribution < -0.4 is 34.4 Å². The Bertz CT molecular complexity index is 6450. The standard InChI is InChI=1S/C18H19N3O.C17H14N4O.C16H18N4O.2C16H15N3O.C15H16N4O/c1-11(2)13-5-14(9-20-8-13)12-3-4-15-16(6-12)17(7-19)21-10-18(15)22;18-8-15-13-7-11(4-5-12(13)17(22)10-19-15)14-9-20-21-6-2-1-3-16(14)21;1-10(2)20-9-12(7-19-20)11-3-4-13-14(5-11)15(6-17)18-8-16(13)21;1-10-4-5-18-8-14(10)11-2-3-12-13(6-11)15(7-17)19-9-16(12)20;1-10-12(3-2-6-18-10)11-4-5-13-14(7-11)15(8-17)19-9-16(13)20;1-2-19-9-11(7-18-19)10-3-4-12-13(5-10)14(6-16)17-8-15(12)20/h3-6,8-9,11H,7,10,19H2,1-2H3;1-7,9H,8,10,18H2;3-5,7,9-10H,6,8,17H2,1-2H3;2-6,8H,7,9,17H2,1H3;2-7H,8-9,17H2,1H3;3-5,7,9H,2,6,8,16H2,1H3. The zero-order valence-corrected chi connectivity index (χ0v) is 70.8. The molecule has 0 saturated heterocycles. The van der Waals surface area contributed by atoms with Gasteiger partial charge in [0, 0.05) is 207 Å². The van der Waals surface area contributed by atoms with Gasteiger partial charge in [-0.3, -0.25) is 83.0 Å². The van der Waals surface area contributed by atoms with Gasteiger partial charge in [0.25, 0.3) is 0 Å². The molecule has 0 saturated carbocycles. The molecule has 0 spiro atoms. The van der Waals surface area contributed by atoms with E-state index in [1.54, 1.807) is 12.4 Å². The lowest BCUT2D eigenvalue weighted by Crippen LogP contribution is -2.24. The second-order valence-corrected chi connectivity index (χ2v) is 30.9. The summed E-state index contributed by atoms with van der Waals surface area (Å²) in [6.45, 7) is 18.6. The van der Waals surface area contributed by atoms with E-state index < -0.39 is 0 Å². The minimum atomic E-state index is 0.0404. The van der Waals surface area contributed by atoms with Crippen LogP contribution in [0.3, 0.4) is 0 Å². The lowest BCUT2D eigenvalue weighted by Gasteiger charge is -2.16. The summed E-state index contributed by atoms with van der Waals surface area (Å²) in [7, 11) is 0. The van der Waals surface area contributed by atoms with Gasteiger partial charge >= 0.3 is 0 Å². The van der Waals surface area contributed by atoms with E-state index in [-0.39, 0.29) is 74.0 Å². The first kappa shape index (κ1) is 87.0. The van der Waals surface area contributed by atoms with Gasteiger partial charge in [0.05, 0.1) is 58.4 Å². The van der Waals surface area contributed by atoms with Gasteiger partial charge in [0.1, 0.15) is 39.3 Å². The molecule has 630 valence electrons. The van der Waals surface area contributed by atoms with Crippen LogP contribution in [0.1, 0.15) is 159 Å². The van der Waals surface area contributed by atoms with E-state index in [2.05, 4.69) is 94.0 Å². The summed E-state index contributed by atoms with van der Waals surface area (Å²) in [4.78, 5) is 110. The number of fused-ring (bicyclic) bond motifs is 7. The number of aliphatic imine (C=N–C) groups is 6.